The van der Waals surface area contributed by atoms with Gasteiger partial charge in [0.1, 0.15) is 5.75 Å². The van der Waals surface area contributed by atoms with E-state index in [1.807, 2.05) is 24.3 Å². The van der Waals surface area contributed by atoms with Gasteiger partial charge in [-0.1, -0.05) is 35.3 Å². The molecule has 1 aromatic heterocycles. The number of methoxy groups -OCH3 is 1. The van der Waals surface area contributed by atoms with Crippen molar-refractivity contribution in [3.8, 4) is 17.1 Å². The molecule has 0 saturated heterocycles. The summed E-state index contributed by atoms with van der Waals surface area (Å²) < 4.78 is 9.43. The Hall–Kier alpha value is -2.15. The average molecular weight is 380 g/mol. The molecular weight excluding hydrogens is 369 g/mol. The Labute approximate surface area is 152 Å². The summed E-state index contributed by atoms with van der Waals surface area (Å²) in [4.78, 5) is 16.6. The monoisotopic (exact) mass is 379 g/mol. The van der Waals surface area contributed by atoms with Crippen LogP contribution in [0.15, 0.2) is 42.5 Å². The Bertz CT molecular complexity index is 899. The van der Waals surface area contributed by atoms with Crippen molar-refractivity contribution >= 4 is 45.8 Å². The van der Waals surface area contributed by atoms with Gasteiger partial charge in [-0.05, 0) is 30.3 Å². The number of carbonyl (C=O) groups is 1. The van der Waals surface area contributed by atoms with E-state index in [9.17, 15) is 4.79 Å². The molecule has 0 aliphatic carbocycles. The zero-order valence-corrected chi connectivity index (χ0v) is 14.7. The number of rotatable bonds is 4. The lowest BCUT2D eigenvalue weighted by molar-refractivity contribution is 0.102. The van der Waals surface area contributed by atoms with Crippen LogP contribution in [-0.2, 0) is 0 Å². The maximum Gasteiger partial charge on any atom is 0.259 e. The van der Waals surface area contributed by atoms with Crippen LogP contribution in [0.25, 0.3) is 11.4 Å². The predicted octanol–water partition coefficient (Wildman–Crippen LogP) is 4.77. The van der Waals surface area contributed by atoms with Gasteiger partial charge in [0, 0.05) is 22.1 Å². The Morgan fingerprint density at radius 1 is 1.21 bits per heavy atom. The van der Waals surface area contributed by atoms with Gasteiger partial charge in [-0.15, -0.1) is 0 Å². The number of aromatic nitrogens is 2. The fourth-order valence-electron chi connectivity index (χ4n) is 1.99. The van der Waals surface area contributed by atoms with Crippen LogP contribution in [0.3, 0.4) is 0 Å². The lowest BCUT2D eigenvalue weighted by Crippen LogP contribution is -2.12. The van der Waals surface area contributed by atoms with E-state index >= 15 is 0 Å². The number of carbonyl (C=O) groups excluding carboxylic acids is 1. The molecule has 3 aromatic rings. The Kier molecular flexibility index (Phi) is 4.99. The quantitative estimate of drug-likeness (QED) is 0.708. The summed E-state index contributed by atoms with van der Waals surface area (Å²) in [6.07, 6.45) is 0. The average Bonchev–Trinajstić information content (AvgIpc) is 3.05. The summed E-state index contributed by atoms with van der Waals surface area (Å²) in [6, 6.07) is 12.1. The lowest BCUT2D eigenvalue weighted by atomic mass is 10.2. The van der Waals surface area contributed by atoms with Gasteiger partial charge >= 0.3 is 0 Å². The van der Waals surface area contributed by atoms with Crippen molar-refractivity contribution in [2.24, 2.45) is 0 Å². The topological polar surface area (TPSA) is 64.1 Å². The number of nitrogens with one attached hydrogen (secondary N) is 1. The van der Waals surface area contributed by atoms with Gasteiger partial charge in [-0.25, -0.2) is 0 Å². The molecule has 8 heteroatoms. The van der Waals surface area contributed by atoms with Crippen LogP contribution in [0.4, 0.5) is 5.13 Å². The third-order valence-corrected chi connectivity index (χ3v) is 4.34. The third-order valence-electron chi connectivity index (χ3n) is 3.15. The van der Waals surface area contributed by atoms with Gasteiger partial charge in [0.25, 0.3) is 5.91 Å². The Balaban J connectivity index is 1.81. The first kappa shape index (κ1) is 16.7. The van der Waals surface area contributed by atoms with Crippen LogP contribution in [0.5, 0.6) is 5.75 Å². The number of anilines is 1. The molecule has 0 radical (unpaired) electrons. The van der Waals surface area contributed by atoms with Crippen LogP contribution in [-0.4, -0.2) is 22.4 Å². The highest BCUT2D eigenvalue weighted by Gasteiger charge is 2.14. The first-order valence-electron chi connectivity index (χ1n) is 6.81. The van der Waals surface area contributed by atoms with E-state index in [4.69, 9.17) is 27.9 Å². The first-order valence-corrected chi connectivity index (χ1v) is 8.34. The first-order chi connectivity index (χ1) is 11.6. The summed E-state index contributed by atoms with van der Waals surface area (Å²) in [7, 11) is 1.59. The van der Waals surface area contributed by atoms with Crippen molar-refractivity contribution in [2.45, 2.75) is 0 Å². The van der Waals surface area contributed by atoms with Gasteiger partial charge in [-0.3, -0.25) is 10.1 Å². The van der Waals surface area contributed by atoms with Gasteiger partial charge in [0.05, 0.1) is 17.7 Å². The van der Waals surface area contributed by atoms with Crippen LogP contribution >= 0.6 is 34.7 Å². The zero-order valence-electron chi connectivity index (χ0n) is 12.4. The number of nitrogens with zero attached hydrogens (tertiary/aromatic N) is 2. The second kappa shape index (κ2) is 7.17. The minimum Gasteiger partial charge on any atom is -0.497 e. The van der Waals surface area contributed by atoms with Gasteiger partial charge in [0.15, 0.2) is 5.82 Å². The third kappa shape index (κ3) is 3.67. The number of halogens is 2. The molecule has 2 aromatic carbocycles. The van der Waals surface area contributed by atoms with Crippen LogP contribution < -0.4 is 10.1 Å². The minimum absolute atomic E-state index is 0.280. The lowest BCUT2D eigenvalue weighted by Gasteiger charge is -2.04. The molecule has 0 spiro atoms. The smallest absolute Gasteiger partial charge is 0.259 e. The highest BCUT2D eigenvalue weighted by Crippen LogP contribution is 2.26. The van der Waals surface area contributed by atoms with E-state index in [1.165, 1.54) is 6.07 Å². The molecule has 1 N–H and O–H groups in total. The molecule has 0 aliphatic heterocycles. The number of hydrogen-bond acceptors (Lipinski definition) is 5. The SMILES string of the molecule is COc1cccc(-c2nsc(NC(=O)c3cc(Cl)ccc3Cl)n2)c1. The highest BCUT2D eigenvalue weighted by atomic mass is 35.5. The van der Waals surface area contributed by atoms with Crippen molar-refractivity contribution in [3.05, 3.63) is 58.1 Å². The second-order valence-corrected chi connectivity index (χ2v) is 6.33. The summed E-state index contributed by atoms with van der Waals surface area (Å²) in [5.74, 6) is 0.820. The molecule has 1 amide bonds. The fourth-order valence-corrected chi connectivity index (χ4v) is 2.95. The van der Waals surface area contributed by atoms with Crippen molar-refractivity contribution in [1.82, 2.24) is 9.36 Å². The summed E-state index contributed by atoms with van der Waals surface area (Å²) in [5.41, 5.74) is 1.08. The van der Waals surface area contributed by atoms with E-state index in [0.717, 1.165) is 17.1 Å². The summed E-state index contributed by atoms with van der Waals surface area (Å²) in [6.45, 7) is 0. The largest absolute Gasteiger partial charge is 0.497 e. The van der Waals surface area contributed by atoms with Crippen molar-refractivity contribution in [2.75, 3.05) is 12.4 Å². The van der Waals surface area contributed by atoms with Crippen molar-refractivity contribution < 1.29 is 9.53 Å². The molecule has 0 fully saturated rings. The minimum atomic E-state index is -0.393. The molecule has 24 heavy (non-hydrogen) atoms. The second-order valence-electron chi connectivity index (χ2n) is 4.73. The van der Waals surface area contributed by atoms with E-state index in [2.05, 4.69) is 14.7 Å². The number of ether oxygens (including phenoxy) is 1. The van der Waals surface area contributed by atoms with E-state index in [0.29, 0.717) is 26.8 Å². The summed E-state index contributed by atoms with van der Waals surface area (Å²) in [5, 5.41) is 3.79. The molecule has 0 aliphatic rings. The molecule has 5 nitrogen and oxygen atoms in total. The van der Waals surface area contributed by atoms with Crippen LogP contribution in [0.1, 0.15) is 10.4 Å². The Morgan fingerprint density at radius 3 is 2.83 bits per heavy atom. The maximum absolute atomic E-state index is 12.3. The molecule has 3 rings (SSSR count). The Morgan fingerprint density at radius 2 is 2.04 bits per heavy atom. The normalized spacial score (nSPS) is 10.5. The number of benzene rings is 2. The van der Waals surface area contributed by atoms with E-state index in [1.54, 1.807) is 19.2 Å². The van der Waals surface area contributed by atoms with Crippen LogP contribution in [0.2, 0.25) is 10.0 Å². The molecule has 0 unspecified atom stereocenters. The zero-order chi connectivity index (χ0) is 17.1. The van der Waals surface area contributed by atoms with Gasteiger partial charge < -0.3 is 4.74 Å². The fraction of sp³-hybridized carbons (Fsp3) is 0.0625. The maximum atomic E-state index is 12.3. The molecule has 122 valence electrons. The standard InChI is InChI=1S/C16H11Cl2N3O2S/c1-23-11-4-2-3-9(7-11)14-19-16(24-21-14)20-15(22)12-8-10(17)5-6-13(12)18/h2-8H,1H3,(H,19,20,21,22). The summed E-state index contributed by atoms with van der Waals surface area (Å²) >= 11 is 13.0. The van der Waals surface area contributed by atoms with Gasteiger partial charge in [0.2, 0.25) is 5.13 Å². The molecule has 0 saturated carbocycles. The molecule has 0 atom stereocenters. The molecule has 1 heterocycles. The predicted molar refractivity (Wildman–Crippen MR) is 96.3 cm³/mol. The molecular formula is C16H11Cl2N3O2S. The van der Waals surface area contributed by atoms with Crippen molar-refractivity contribution in [1.29, 1.82) is 0 Å². The van der Waals surface area contributed by atoms with E-state index < -0.39 is 5.91 Å². The van der Waals surface area contributed by atoms with E-state index in [-0.39, 0.29) is 5.56 Å². The van der Waals surface area contributed by atoms with Gasteiger partial charge in [-0.2, -0.15) is 9.36 Å². The number of hydrogen-bond donors (Lipinski definition) is 1. The van der Waals surface area contributed by atoms with Crippen molar-refractivity contribution in [3.63, 3.8) is 0 Å². The van der Waals surface area contributed by atoms with Crippen LogP contribution in [0, 0.1) is 0 Å². The molecule has 0 bridgehead atoms. The number of amides is 1. The highest BCUT2D eigenvalue weighted by molar-refractivity contribution is 7.10.